The largest absolute Gasteiger partial charge is 0.464 e. The molecule has 0 fully saturated rings. The summed E-state index contributed by atoms with van der Waals surface area (Å²) in [7, 11) is 1.30. The third-order valence-corrected chi connectivity index (χ3v) is 3.39. The van der Waals surface area contributed by atoms with Crippen LogP contribution in [0.5, 0.6) is 0 Å². The van der Waals surface area contributed by atoms with Crippen LogP contribution in [0, 0.1) is 0 Å². The summed E-state index contributed by atoms with van der Waals surface area (Å²) < 4.78 is 20.9. The van der Waals surface area contributed by atoms with Gasteiger partial charge in [0.1, 0.15) is 18.8 Å². The lowest BCUT2D eigenvalue weighted by Crippen LogP contribution is -2.22. The van der Waals surface area contributed by atoms with Crippen molar-refractivity contribution in [1.29, 1.82) is 0 Å². The molecule has 6 heteroatoms. The molecule has 6 nitrogen and oxygen atoms in total. The second kappa shape index (κ2) is 5.55. The molecule has 0 saturated heterocycles. The number of nitrogens with zero attached hydrogens (tertiary/aromatic N) is 1. The molecule has 3 rings (SSSR count). The highest BCUT2D eigenvalue weighted by molar-refractivity contribution is 5.86. The quantitative estimate of drug-likeness (QED) is 0.809. The highest BCUT2D eigenvalue weighted by Crippen LogP contribution is 2.32. The number of benzene rings is 1. The molecule has 0 N–H and O–H groups in total. The Morgan fingerprint density at radius 2 is 2.09 bits per heavy atom. The van der Waals surface area contributed by atoms with Crippen LogP contribution in [-0.4, -0.2) is 18.1 Å². The van der Waals surface area contributed by atoms with Crippen LogP contribution in [0.15, 0.2) is 47.5 Å². The average molecular weight is 301 g/mol. The van der Waals surface area contributed by atoms with E-state index in [9.17, 15) is 4.79 Å². The van der Waals surface area contributed by atoms with E-state index in [2.05, 4.69) is 9.72 Å². The van der Waals surface area contributed by atoms with Crippen LogP contribution in [0.3, 0.4) is 0 Å². The lowest BCUT2D eigenvalue weighted by Gasteiger charge is -2.23. The minimum Gasteiger partial charge on any atom is -0.464 e. The van der Waals surface area contributed by atoms with Gasteiger partial charge in [0.15, 0.2) is 11.6 Å². The Bertz CT molecular complexity index is 711. The number of aromatic nitrogens is 1. The second-order valence-corrected chi connectivity index (χ2v) is 4.95. The molecular formula is C16H15NO5. The Kier molecular flexibility index (Phi) is 3.58. The number of hydrogen-bond donors (Lipinski definition) is 0. The third-order valence-electron chi connectivity index (χ3n) is 3.39. The van der Waals surface area contributed by atoms with Crippen molar-refractivity contribution in [2.24, 2.45) is 0 Å². The van der Waals surface area contributed by atoms with Crippen LogP contribution < -0.4 is 0 Å². The number of carbonyl (C=O) groups excluding carboxylic acids is 1. The van der Waals surface area contributed by atoms with Crippen molar-refractivity contribution in [2.75, 3.05) is 7.11 Å². The molecule has 1 aromatic heterocycles. The minimum absolute atomic E-state index is 0.160. The Hall–Kier alpha value is -2.76. The summed E-state index contributed by atoms with van der Waals surface area (Å²) in [5.74, 6) is -0.895. The normalized spacial score (nSPS) is 15.2. The zero-order valence-corrected chi connectivity index (χ0v) is 12.2. The summed E-state index contributed by atoms with van der Waals surface area (Å²) in [4.78, 5) is 15.5. The van der Waals surface area contributed by atoms with E-state index in [0.29, 0.717) is 12.3 Å². The van der Waals surface area contributed by atoms with Crippen LogP contribution in [0.4, 0.5) is 0 Å². The third kappa shape index (κ3) is 2.67. The molecular weight excluding hydrogens is 286 g/mol. The zero-order valence-electron chi connectivity index (χ0n) is 12.2. The van der Waals surface area contributed by atoms with E-state index in [4.69, 9.17) is 13.9 Å². The standard InChI is InChI=1S/C16H15NO5/c1-16(21-6-7-22-16)12-5-3-4-11(8-12)9-14-17-13(10-20-14)15(18)19-2/h3-8,10H,9H2,1-2H3. The fourth-order valence-electron chi connectivity index (χ4n) is 2.21. The summed E-state index contributed by atoms with van der Waals surface area (Å²) in [5, 5.41) is 0. The molecule has 1 aliphatic heterocycles. The first-order valence-corrected chi connectivity index (χ1v) is 6.73. The van der Waals surface area contributed by atoms with Crippen molar-refractivity contribution in [3.63, 3.8) is 0 Å². The van der Waals surface area contributed by atoms with Gasteiger partial charge in [-0.15, -0.1) is 0 Å². The molecule has 1 aromatic carbocycles. The van der Waals surface area contributed by atoms with E-state index in [0.717, 1.165) is 11.1 Å². The summed E-state index contributed by atoms with van der Waals surface area (Å²) in [6, 6.07) is 7.73. The van der Waals surface area contributed by atoms with Gasteiger partial charge in [-0.2, -0.15) is 0 Å². The van der Waals surface area contributed by atoms with Crippen LogP contribution in [0.1, 0.15) is 34.4 Å². The molecule has 0 aliphatic carbocycles. The maximum atomic E-state index is 11.4. The summed E-state index contributed by atoms with van der Waals surface area (Å²) in [6.07, 6.45) is 4.78. The van der Waals surface area contributed by atoms with Gasteiger partial charge < -0.3 is 18.6 Å². The lowest BCUT2D eigenvalue weighted by molar-refractivity contribution is -0.133. The summed E-state index contributed by atoms with van der Waals surface area (Å²) in [5.41, 5.74) is 2.01. The van der Waals surface area contributed by atoms with Crippen molar-refractivity contribution in [3.05, 3.63) is 65.8 Å². The number of carbonyl (C=O) groups is 1. The van der Waals surface area contributed by atoms with Crippen LogP contribution in [-0.2, 0) is 26.4 Å². The van der Waals surface area contributed by atoms with Gasteiger partial charge in [-0.25, -0.2) is 9.78 Å². The number of methoxy groups -OCH3 is 1. The van der Waals surface area contributed by atoms with Gasteiger partial charge in [0.25, 0.3) is 5.79 Å². The summed E-state index contributed by atoms with van der Waals surface area (Å²) >= 11 is 0. The van der Waals surface area contributed by atoms with Gasteiger partial charge in [0.2, 0.25) is 0 Å². The van der Waals surface area contributed by atoms with Crippen LogP contribution in [0.2, 0.25) is 0 Å². The van der Waals surface area contributed by atoms with Gasteiger partial charge in [0, 0.05) is 18.9 Å². The monoisotopic (exact) mass is 301 g/mol. The molecule has 0 saturated carbocycles. The van der Waals surface area contributed by atoms with Crippen molar-refractivity contribution in [1.82, 2.24) is 4.98 Å². The van der Waals surface area contributed by atoms with E-state index in [1.165, 1.54) is 25.9 Å². The van der Waals surface area contributed by atoms with Crippen LogP contribution in [0.25, 0.3) is 0 Å². The molecule has 0 atom stereocenters. The number of ether oxygens (including phenoxy) is 3. The number of rotatable bonds is 4. The molecule has 2 heterocycles. The highest BCUT2D eigenvalue weighted by atomic mass is 16.7. The summed E-state index contributed by atoms with van der Waals surface area (Å²) in [6.45, 7) is 1.84. The molecule has 0 amide bonds. The molecule has 0 bridgehead atoms. The van der Waals surface area contributed by atoms with Crippen LogP contribution >= 0.6 is 0 Å². The van der Waals surface area contributed by atoms with Gasteiger partial charge in [0.05, 0.1) is 7.11 Å². The fourth-order valence-corrected chi connectivity index (χ4v) is 2.21. The maximum absolute atomic E-state index is 11.4. The average Bonchev–Trinajstić information content (AvgIpc) is 3.17. The molecule has 0 radical (unpaired) electrons. The van der Waals surface area contributed by atoms with Crippen molar-refractivity contribution >= 4 is 5.97 Å². The van der Waals surface area contributed by atoms with E-state index in [1.54, 1.807) is 0 Å². The minimum atomic E-state index is -0.816. The van der Waals surface area contributed by atoms with Gasteiger partial charge in [-0.05, 0) is 11.6 Å². The Morgan fingerprint density at radius 1 is 1.32 bits per heavy atom. The van der Waals surface area contributed by atoms with E-state index >= 15 is 0 Å². The van der Waals surface area contributed by atoms with E-state index in [-0.39, 0.29) is 5.69 Å². The fraction of sp³-hybridized carbons (Fsp3) is 0.250. The van der Waals surface area contributed by atoms with Crippen molar-refractivity contribution < 1.29 is 23.4 Å². The van der Waals surface area contributed by atoms with Gasteiger partial charge in [-0.3, -0.25) is 0 Å². The number of esters is 1. The first-order chi connectivity index (χ1) is 10.6. The van der Waals surface area contributed by atoms with Gasteiger partial charge in [-0.1, -0.05) is 18.2 Å². The SMILES string of the molecule is COC(=O)c1coc(Cc2cccc(C3(C)OC=CO3)c2)n1. The Balaban J connectivity index is 1.78. The number of hydrogen-bond acceptors (Lipinski definition) is 6. The molecule has 1 aliphatic rings. The molecule has 0 spiro atoms. The predicted molar refractivity (Wildman–Crippen MR) is 75.8 cm³/mol. The second-order valence-electron chi connectivity index (χ2n) is 4.95. The lowest BCUT2D eigenvalue weighted by atomic mass is 10.0. The van der Waals surface area contributed by atoms with Crippen molar-refractivity contribution in [2.45, 2.75) is 19.1 Å². The molecule has 114 valence electrons. The maximum Gasteiger partial charge on any atom is 0.360 e. The molecule has 0 unspecified atom stereocenters. The Morgan fingerprint density at radius 3 is 2.82 bits per heavy atom. The van der Waals surface area contributed by atoms with Gasteiger partial charge >= 0.3 is 5.97 Å². The smallest absolute Gasteiger partial charge is 0.360 e. The topological polar surface area (TPSA) is 70.8 Å². The first kappa shape index (κ1) is 14.2. The van der Waals surface area contributed by atoms with E-state index in [1.807, 2.05) is 31.2 Å². The molecule has 2 aromatic rings. The number of oxazole rings is 1. The first-order valence-electron chi connectivity index (χ1n) is 6.73. The predicted octanol–water partition coefficient (Wildman–Crippen LogP) is 2.74. The zero-order chi connectivity index (χ0) is 15.6. The Labute approximate surface area is 127 Å². The van der Waals surface area contributed by atoms with Crippen molar-refractivity contribution in [3.8, 4) is 0 Å². The van der Waals surface area contributed by atoms with E-state index < -0.39 is 11.8 Å². The highest BCUT2D eigenvalue weighted by Gasteiger charge is 2.32. The molecule has 22 heavy (non-hydrogen) atoms.